The van der Waals surface area contributed by atoms with E-state index in [0.29, 0.717) is 25.2 Å². The maximum absolute atomic E-state index is 12.3. The van der Waals surface area contributed by atoms with Crippen LogP contribution in [0.2, 0.25) is 0 Å². The summed E-state index contributed by atoms with van der Waals surface area (Å²) in [4.78, 5) is 35.7. The zero-order chi connectivity index (χ0) is 17.9. The van der Waals surface area contributed by atoms with Crippen LogP contribution in [0.15, 0.2) is 0 Å². The van der Waals surface area contributed by atoms with Crippen molar-refractivity contribution in [3.63, 3.8) is 0 Å². The van der Waals surface area contributed by atoms with Gasteiger partial charge in [-0.3, -0.25) is 9.59 Å². The fraction of sp³-hybridized carbons (Fsp3) is 0.842. The number of carboxylic acids is 1. The lowest BCUT2D eigenvalue weighted by Gasteiger charge is -2.30. The molecule has 3 saturated carbocycles. The van der Waals surface area contributed by atoms with E-state index in [-0.39, 0.29) is 23.8 Å². The lowest BCUT2D eigenvalue weighted by Crippen LogP contribution is -2.47. The Hall–Kier alpha value is -1.59. The zero-order valence-corrected chi connectivity index (χ0v) is 14.9. The van der Waals surface area contributed by atoms with Gasteiger partial charge in [-0.15, -0.1) is 0 Å². The van der Waals surface area contributed by atoms with Crippen molar-refractivity contribution in [2.75, 3.05) is 0 Å². The van der Waals surface area contributed by atoms with Gasteiger partial charge in [0.1, 0.15) is 5.54 Å². The van der Waals surface area contributed by atoms with Gasteiger partial charge in [0.05, 0.1) is 0 Å². The molecule has 0 heterocycles. The van der Waals surface area contributed by atoms with Crippen LogP contribution < -0.4 is 10.6 Å². The van der Waals surface area contributed by atoms with Crippen LogP contribution in [0.4, 0.5) is 0 Å². The summed E-state index contributed by atoms with van der Waals surface area (Å²) in [5.41, 5.74) is -0.998. The smallest absolute Gasteiger partial charge is 0.329 e. The molecule has 0 saturated heterocycles. The van der Waals surface area contributed by atoms with Crippen molar-refractivity contribution in [3.8, 4) is 0 Å². The van der Waals surface area contributed by atoms with Crippen LogP contribution >= 0.6 is 0 Å². The Labute approximate surface area is 149 Å². The van der Waals surface area contributed by atoms with Crippen LogP contribution in [0.25, 0.3) is 0 Å². The van der Waals surface area contributed by atoms with E-state index in [0.717, 1.165) is 25.7 Å². The van der Waals surface area contributed by atoms with E-state index in [9.17, 15) is 14.4 Å². The molecular weight excluding hydrogens is 320 g/mol. The lowest BCUT2D eigenvalue weighted by atomic mass is 9.84. The van der Waals surface area contributed by atoms with Gasteiger partial charge in [0, 0.05) is 18.4 Å². The van der Waals surface area contributed by atoms with Gasteiger partial charge in [0.25, 0.3) is 0 Å². The Morgan fingerprint density at radius 2 is 1.56 bits per heavy atom. The van der Waals surface area contributed by atoms with Gasteiger partial charge < -0.3 is 15.7 Å². The molecule has 0 aromatic carbocycles. The second-order valence-electron chi connectivity index (χ2n) is 8.20. The summed E-state index contributed by atoms with van der Waals surface area (Å²) >= 11 is 0. The Kier molecular flexibility index (Phi) is 5.64. The van der Waals surface area contributed by atoms with Crippen LogP contribution in [0.1, 0.15) is 77.0 Å². The summed E-state index contributed by atoms with van der Waals surface area (Å²) in [6, 6.07) is 0.162. The maximum atomic E-state index is 12.3. The number of aliphatic carboxylic acids is 1. The molecule has 6 heteroatoms. The molecule has 0 radical (unpaired) electrons. The van der Waals surface area contributed by atoms with Crippen molar-refractivity contribution in [2.24, 2.45) is 11.8 Å². The first kappa shape index (κ1) is 18.2. The molecule has 3 N–H and O–H groups in total. The average molecular weight is 350 g/mol. The van der Waals surface area contributed by atoms with Gasteiger partial charge in [-0.05, 0) is 57.3 Å². The van der Waals surface area contributed by atoms with E-state index in [1.54, 1.807) is 0 Å². The van der Waals surface area contributed by atoms with Crippen LogP contribution in [0, 0.1) is 11.8 Å². The normalized spacial score (nSPS) is 28.8. The molecule has 0 aromatic heterocycles. The second kappa shape index (κ2) is 7.75. The van der Waals surface area contributed by atoms with Crippen LogP contribution in [-0.2, 0) is 14.4 Å². The fourth-order valence-electron chi connectivity index (χ4n) is 4.30. The zero-order valence-electron chi connectivity index (χ0n) is 14.9. The number of carbonyl (C=O) groups is 3. The van der Waals surface area contributed by atoms with Gasteiger partial charge in [0.15, 0.2) is 0 Å². The number of carboxylic acid groups (broad SMARTS) is 1. The molecule has 3 aliphatic carbocycles. The van der Waals surface area contributed by atoms with Gasteiger partial charge in [-0.2, -0.15) is 0 Å². The van der Waals surface area contributed by atoms with E-state index in [1.165, 1.54) is 32.1 Å². The summed E-state index contributed by atoms with van der Waals surface area (Å²) in [6.45, 7) is 0. The third-order valence-electron chi connectivity index (χ3n) is 6.18. The minimum Gasteiger partial charge on any atom is -0.480 e. The number of carbonyl (C=O) groups excluding carboxylic acids is 2. The Morgan fingerprint density at radius 1 is 0.920 bits per heavy atom. The van der Waals surface area contributed by atoms with Crippen molar-refractivity contribution in [2.45, 2.75) is 88.6 Å². The second-order valence-corrected chi connectivity index (χ2v) is 8.20. The van der Waals surface area contributed by atoms with Crippen LogP contribution in [-0.4, -0.2) is 34.5 Å². The van der Waals surface area contributed by atoms with Crippen molar-refractivity contribution < 1.29 is 19.5 Å². The van der Waals surface area contributed by atoms with Crippen molar-refractivity contribution in [3.05, 3.63) is 0 Å². The molecule has 0 atom stereocenters. The highest BCUT2D eigenvalue weighted by Gasteiger charge is 2.52. The molecular formula is C19H30N2O4. The SMILES string of the molecule is O=C(CC1CCCCC1)NC1CCC(C(=O)NC2(C(=O)O)CC2)CC1. The molecule has 0 spiro atoms. The Bertz CT molecular complexity index is 516. The highest BCUT2D eigenvalue weighted by molar-refractivity contribution is 5.90. The monoisotopic (exact) mass is 350 g/mol. The third-order valence-corrected chi connectivity index (χ3v) is 6.18. The van der Waals surface area contributed by atoms with Gasteiger partial charge in [0.2, 0.25) is 11.8 Å². The molecule has 3 aliphatic rings. The van der Waals surface area contributed by atoms with Crippen molar-refractivity contribution in [1.29, 1.82) is 0 Å². The van der Waals surface area contributed by atoms with Crippen molar-refractivity contribution in [1.82, 2.24) is 10.6 Å². The first-order valence-corrected chi connectivity index (χ1v) is 9.83. The van der Waals surface area contributed by atoms with E-state index in [2.05, 4.69) is 10.6 Å². The first-order chi connectivity index (χ1) is 12.0. The Balaban J connectivity index is 1.37. The number of amides is 2. The van der Waals surface area contributed by atoms with Gasteiger partial charge in [-0.25, -0.2) is 4.79 Å². The Morgan fingerprint density at radius 3 is 2.12 bits per heavy atom. The van der Waals surface area contributed by atoms with Crippen molar-refractivity contribution >= 4 is 17.8 Å². The molecule has 0 aromatic rings. The first-order valence-electron chi connectivity index (χ1n) is 9.83. The van der Waals surface area contributed by atoms with Crippen LogP contribution in [0.5, 0.6) is 0 Å². The maximum Gasteiger partial charge on any atom is 0.329 e. The minimum absolute atomic E-state index is 0.122. The third kappa shape index (κ3) is 4.73. The van der Waals surface area contributed by atoms with Gasteiger partial charge >= 0.3 is 5.97 Å². The predicted molar refractivity (Wildman–Crippen MR) is 92.8 cm³/mol. The molecule has 3 rings (SSSR count). The summed E-state index contributed by atoms with van der Waals surface area (Å²) in [5.74, 6) is -0.482. The molecule has 0 bridgehead atoms. The predicted octanol–water partition coefficient (Wildman–Crippen LogP) is 2.37. The summed E-state index contributed by atoms with van der Waals surface area (Å²) < 4.78 is 0. The largest absolute Gasteiger partial charge is 0.480 e. The molecule has 0 aliphatic heterocycles. The molecule has 0 unspecified atom stereocenters. The molecule has 3 fully saturated rings. The fourth-order valence-corrected chi connectivity index (χ4v) is 4.30. The molecule has 6 nitrogen and oxygen atoms in total. The summed E-state index contributed by atoms with van der Waals surface area (Å²) in [5, 5.41) is 15.0. The summed E-state index contributed by atoms with van der Waals surface area (Å²) in [7, 11) is 0. The minimum atomic E-state index is -0.998. The highest BCUT2D eigenvalue weighted by atomic mass is 16.4. The van der Waals surface area contributed by atoms with E-state index < -0.39 is 11.5 Å². The quantitative estimate of drug-likeness (QED) is 0.685. The van der Waals surface area contributed by atoms with E-state index in [4.69, 9.17) is 5.11 Å². The molecule has 140 valence electrons. The number of hydrogen-bond donors (Lipinski definition) is 3. The average Bonchev–Trinajstić information content (AvgIpc) is 3.37. The lowest BCUT2D eigenvalue weighted by molar-refractivity contribution is -0.144. The topological polar surface area (TPSA) is 95.5 Å². The number of hydrogen-bond acceptors (Lipinski definition) is 3. The van der Waals surface area contributed by atoms with Crippen LogP contribution in [0.3, 0.4) is 0 Å². The highest BCUT2D eigenvalue weighted by Crippen LogP contribution is 2.36. The number of nitrogens with one attached hydrogen (secondary N) is 2. The standard InChI is InChI=1S/C19H30N2O4/c22-16(12-13-4-2-1-3-5-13)20-15-8-6-14(7-9-15)17(23)21-19(10-11-19)18(24)25/h13-15H,1-12H2,(H,20,22)(H,21,23)(H,24,25). The van der Waals surface area contributed by atoms with E-state index in [1.807, 2.05) is 0 Å². The van der Waals surface area contributed by atoms with E-state index >= 15 is 0 Å². The number of rotatable bonds is 6. The molecule has 2 amide bonds. The molecule has 25 heavy (non-hydrogen) atoms. The van der Waals surface area contributed by atoms with Gasteiger partial charge in [-0.1, -0.05) is 19.3 Å². The summed E-state index contributed by atoms with van der Waals surface area (Å²) in [6.07, 6.45) is 10.9.